The fourth-order valence-electron chi connectivity index (χ4n) is 3.09. The Kier molecular flexibility index (Phi) is 6.06. The molecule has 0 bridgehead atoms. The van der Waals surface area contributed by atoms with E-state index in [1.807, 2.05) is 24.3 Å². The van der Waals surface area contributed by atoms with E-state index in [-0.39, 0.29) is 6.10 Å². The maximum absolute atomic E-state index is 10.3. The summed E-state index contributed by atoms with van der Waals surface area (Å²) < 4.78 is 1.00. The molecule has 1 aromatic carbocycles. The molecule has 2 nitrogen and oxygen atoms in total. The van der Waals surface area contributed by atoms with Gasteiger partial charge in [-0.15, -0.1) is 0 Å². The molecule has 112 valence electrons. The summed E-state index contributed by atoms with van der Waals surface area (Å²) in [7, 11) is 2.20. The van der Waals surface area contributed by atoms with Crippen LogP contribution in [0.25, 0.3) is 0 Å². The monoisotopic (exact) mass is 339 g/mol. The molecular formula is C17H26BrNO. The molecule has 0 saturated heterocycles. The summed E-state index contributed by atoms with van der Waals surface area (Å²) in [4.78, 5) is 2.44. The predicted octanol–water partition coefficient (Wildman–Crippen LogP) is 4.38. The first-order valence-corrected chi connectivity index (χ1v) is 8.50. The van der Waals surface area contributed by atoms with Crippen LogP contribution in [0.3, 0.4) is 0 Å². The fourth-order valence-corrected chi connectivity index (χ4v) is 3.64. The molecular weight excluding hydrogens is 314 g/mol. The van der Waals surface area contributed by atoms with Crippen molar-refractivity contribution >= 4 is 15.9 Å². The molecule has 1 fully saturated rings. The summed E-state index contributed by atoms with van der Waals surface area (Å²) in [5, 5.41) is 10.3. The maximum Gasteiger partial charge on any atom is 0.0813 e. The second-order valence-corrected chi connectivity index (χ2v) is 7.07. The Bertz CT molecular complexity index is 415. The Morgan fingerprint density at radius 1 is 1.25 bits per heavy atom. The van der Waals surface area contributed by atoms with Crippen LogP contribution in [0.1, 0.15) is 50.7 Å². The summed E-state index contributed by atoms with van der Waals surface area (Å²) in [5.41, 5.74) is 0.998. The van der Waals surface area contributed by atoms with E-state index >= 15 is 0 Å². The van der Waals surface area contributed by atoms with Gasteiger partial charge in [-0.2, -0.15) is 0 Å². The number of benzene rings is 1. The third-order valence-corrected chi connectivity index (χ3v) is 5.35. The van der Waals surface area contributed by atoms with Crippen LogP contribution in [0.15, 0.2) is 28.7 Å². The fraction of sp³-hybridized carbons (Fsp3) is 0.647. The van der Waals surface area contributed by atoms with Gasteiger partial charge in [-0.25, -0.2) is 0 Å². The molecule has 1 aliphatic rings. The van der Waals surface area contributed by atoms with Gasteiger partial charge < -0.3 is 10.0 Å². The molecule has 2 rings (SSSR count). The van der Waals surface area contributed by atoms with Crippen molar-refractivity contribution in [3.63, 3.8) is 0 Å². The Balaban J connectivity index is 1.81. The van der Waals surface area contributed by atoms with Gasteiger partial charge in [-0.3, -0.25) is 0 Å². The Labute approximate surface area is 131 Å². The Morgan fingerprint density at radius 3 is 2.55 bits per heavy atom. The van der Waals surface area contributed by atoms with Crippen LogP contribution in [-0.2, 0) is 0 Å². The number of aliphatic hydroxyl groups is 1. The van der Waals surface area contributed by atoms with E-state index < -0.39 is 0 Å². The second-order valence-electron chi connectivity index (χ2n) is 6.22. The average Bonchev–Trinajstić information content (AvgIpc) is 2.45. The van der Waals surface area contributed by atoms with Crippen molar-refractivity contribution in [2.24, 2.45) is 5.92 Å². The molecule has 1 saturated carbocycles. The van der Waals surface area contributed by atoms with E-state index in [9.17, 15) is 5.11 Å². The van der Waals surface area contributed by atoms with Gasteiger partial charge in [0.15, 0.2) is 0 Å². The lowest BCUT2D eigenvalue weighted by Gasteiger charge is -2.34. The van der Waals surface area contributed by atoms with Crippen LogP contribution < -0.4 is 0 Å². The van der Waals surface area contributed by atoms with Crippen molar-refractivity contribution < 1.29 is 5.11 Å². The smallest absolute Gasteiger partial charge is 0.0813 e. The van der Waals surface area contributed by atoms with Crippen LogP contribution in [0.4, 0.5) is 0 Å². The van der Waals surface area contributed by atoms with Crippen LogP contribution in [0.5, 0.6) is 0 Å². The number of nitrogens with zero attached hydrogens (tertiary/aromatic N) is 1. The first-order chi connectivity index (χ1) is 9.58. The van der Waals surface area contributed by atoms with Crippen molar-refractivity contribution in [1.82, 2.24) is 4.90 Å². The SMILES string of the molecule is CC1CCC(N(C)CCC(O)c2ccccc2Br)CC1. The van der Waals surface area contributed by atoms with Crippen molar-refractivity contribution in [2.45, 2.75) is 51.2 Å². The van der Waals surface area contributed by atoms with E-state index in [1.165, 1.54) is 25.7 Å². The molecule has 1 N–H and O–H groups in total. The van der Waals surface area contributed by atoms with E-state index in [4.69, 9.17) is 0 Å². The molecule has 3 heteroatoms. The number of hydrogen-bond acceptors (Lipinski definition) is 2. The number of aliphatic hydroxyl groups excluding tert-OH is 1. The van der Waals surface area contributed by atoms with Crippen LogP contribution in [0.2, 0.25) is 0 Å². The molecule has 1 aliphatic carbocycles. The minimum absolute atomic E-state index is 0.379. The van der Waals surface area contributed by atoms with Crippen molar-refractivity contribution in [2.75, 3.05) is 13.6 Å². The summed E-state index contributed by atoms with van der Waals surface area (Å²) in [6, 6.07) is 8.66. The van der Waals surface area contributed by atoms with Crippen LogP contribution >= 0.6 is 15.9 Å². The normalized spacial score (nSPS) is 24.9. The van der Waals surface area contributed by atoms with Gasteiger partial charge in [0, 0.05) is 17.1 Å². The molecule has 0 amide bonds. The van der Waals surface area contributed by atoms with Crippen molar-refractivity contribution in [3.05, 3.63) is 34.3 Å². The molecule has 20 heavy (non-hydrogen) atoms. The van der Waals surface area contributed by atoms with E-state index in [2.05, 4.69) is 34.8 Å². The van der Waals surface area contributed by atoms with E-state index in [0.717, 1.165) is 28.9 Å². The van der Waals surface area contributed by atoms with Gasteiger partial charge in [0.1, 0.15) is 0 Å². The minimum atomic E-state index is -0.379. The van der Waals surface area contributed by atoms with Gasteiger partial charge >= 0.3 is 0 Å². The van der Waals surface area contributed by atoms with E-state index in [0.29, 0.717) is 6.04 Å². The zero-order valence-electron chi connectivity index (χ0n) is 12.6. The summed E-state index contributed by atoms with van der Waals surface area (Å²) in [6.07, 6.45) is 5.73. The zero-order valence-corrected chi connectivity index (χ0v) is 14.1. The summed E-state index contributed by atoms with van der Waals surface area (Å²) >= 11 is 3.51. The summed E-state index contributed by atoms with van der Waals surface area (Å²) in [6.45, 7) is 3.31. The molecule has 1 unspecified atom stereocenters. The Hall–Kier alpha value is -0.380. The number of halogens is 1. The maximum atomic E-state index is 10.3. The van der Waals surface area contributed by atoms with Crippen molar-refractivity contribution in [3.8, 4) is 0 Å². The summed E-state index contributed by atoms with van der Waals surface area (Å²) in [5.74, 6) is 0.894. The molecule has 0 heterocycles. The number of hydrogen-bond donors (Lipinski definition) is 1. The first-order valence-electron chi connectivity index (χ1n) is 7.70. The average molecular weight is 340 g/mol. The Morgan fingerprint density at radius 2 is 1.90 bits per heavy atom. The highest BCUT2D eigenvalue weighted by atomic mass is 79.9. The van der Waals surface area contributed by atoms with E-state index in [1.54, 1.807) is 0 Å². The standard InChI is InChI=1S/C17H26BrNO/c1-13-7-9-14(10-8-13)19(2)12-11-17(20)15-5-3-4-6-16(15)18/h3-6,13-14,17,20H,7-12H2,1-2H3. The third kappa shape index (κ3) is 4.31. The highest BCUT2D eigenvalue weighted by Gasteiger charge is 2.22. The highest BCUT2D eigenvalue weighted by Crippen LogP contribution is 2.28. The largest absolute Gasteiger partial charge is 0.388 e. The minimum Gasteiger partial charge on any atom is -0.388 e. The molecule has 0 aromatic heterocycles. The van der Waals surface area contributed by atoms with Crippen LogP contribution in [-0.4, -0.2) is 29.6 Å². The second kappa shape index (κ2) is 7.58. The van der Waals surface area contributed by atoms with Gasteiger partial charge in [0.25, 0.3) is 0 Å². The van der Waals surface area contributed by atoms with Crippen molar-refractivity contribution in [1.29, 1.82) is 0 Å². The zero-order chi connectivity index (χ0) is 14.5. The lowest BCUT2D eigenvalue weighted by Crippen LogP contribution is -2.36. The topological polar surface area (TPSA) is 23.5 Å². The lowest BCUT2D eigenvalue weighted by molar-refractivity contribution is 0.118. The van der Waals surface area contributed by atoms with Gasteiger partial charge in [-0.1, -0.05) is 41.1 Å². The van der Waals surface area contributed by atoms with Crippen LogP contribution in [0, 0.1) is 5.92 Å². The van der Waals surface area contributed by atoms with Gasteiger partial charge in [0.2, 0.25) is 0 Å². The number of rotatable bonds is 5. The highest BCUT2D eigenvalue weighted by molar-refractivity contribution is 9.10. The van der Waals surface area contributed by atoms with Gasteiger partial charge in [-0.05, 0) is 56.7 Å². The molecule has 1 atom stereocenters. The molecule has 0 aliphatic heterocycles. The predicted molar refractivity (Wildman–Crippen MR) is 87.8 cm³/mol. The molecule has 0 radical (unpaired) electrons. The molecule has 0 spiro atoms. The molecule has 1 aromatic rings. The lowest BCUT2D eigenvalue weighted by atomic mass is 9.86. The third-order valence-electron chi connectivity index (χ3n) is 4.63. The first kappa shape index (κ1) is 16.0. The van der Waals surface area contributed by atoms with Gasteiger partial charge in [0.05, 0.1) is 6.10 Å². The quantitative estimate of drug-likeness (QED) is 0.860.